The zero-order valence-electron chi connectivity index (χ0n) is 11.3. The Kier molecular flexibility index (Phi) is 4.05. The quantitative estimate of drug-likeness (QED) is 0.859. The maximum absolute atomic E-state index is 11.0. The molecule has 1 saturated carbocycles. The number of carboxylic acids is 1. The summed E-state index contributed by atoms with van der Waals surface area (Å²) in [7, 11) is 0. The average molecular weight is 246 g/mol. The van der Waals surface area contributed by atoms with E-state index >= 15 is 0 Å². The van der Waals surface area contributed by atoms with E-state index in [4.69, 9.17) is 5.11 Å². The van der Waals surface area contributed by atoms with E-state index in [1.54, 1.807) is 6.07 Å². The minimum absolute atomic E-state index is 0.431. The van der Waals surface area contributed by atoms with Gasteiger partial charge in [0, 0.05) is 0 Å². The summed E-state index contributed by atoms with van der Waals surface area (Å²) in [5, 5.41) is 9.03. The van der Waals surface area contributed by atoms with Gasteiger partial charge >= 0.3 is 5.97 Å². The van der Waals surface area contributed by atoms with Crippen molar-refractivity contribution in [1.29, 1.82) is 0 Å². The summed E-state index contributed by atoms with van der Waals surface area (Å²) < 4.78 is 0. The highest BCUT2D eigenvalue weighted by atomic mass is 16.4. The highest BCUT2D eigenvalue weighted by Gasteiger charge is 2.21. The number of carbonyl (C=O) groups is 1. The molecular weight excluding hydrogens is 224 g/mol. The van der Waals surface area contributed by atoms with Crippen molar-refractivity contribution in [1.82, 2.24) is 0 Å². The van der Waals surface area contributed by atoms with Crippen LogP contribution < -0.4 is 0 Å². The first kappa shape index (κ1) is 13.1. The second-order valence-corrected chi connectivity index (χ2v) is 5.51. The molecule has 0 spiro atoms. The first-order valence-corrected chi connectivity index (χ1v) is 6.95. The minimum atomic E-state index is -0.825. The summed E-state index contributed by atoms with van der Waals surface area (Å²) in [4.78, 5) is 11.0. The Labute approximate surface area is 109 Å². The number of rotatable bonds is 3. The number of aromatic carboxylic acids is 1. The molecule has 1 aromatic rings. The van der Waals surface area contributed by atoms with Gasteiger partial charge in [0.25, 0.3) is 0 Å². The summed E-state index contributed by atoms with van der Waals surface area (Å²) in [6.07, 6.45) is 6.44. The highest BCUT2D eigenvalue weighted by Crippen LogP contribution is 2.37. The Hall–Kier alpha value is -1.31. The fraction of sp³-hybridized carbons (Fsp3) is 0.562. The van der Waals surface area contributed by atoms with Gasteiger partial charge in [0.15, 0.2) is 0 Å². The molecule has 18 heavy (non-hydrogen) atoms. The smallest absolute Gasteiger partial charge is 0.335 e. The van der Waals surface area contributed by atoms with Gasteiger partial charge in [0.05, 0.1) is 5.56 Å². The Bertz CT molecular complexity index is 429. The first-order valence-electron chi connectivity index (χ1n) is 6.95. The van der Waals surface area contributed by atoms with Crippen LogP contribution in [0.4, 0.5) is 0 Å². The Morgan fingerprint density at radius 1 is 1.28 bits per heavy atom. The molecule has 2 rings (SSSR count). The largest absolute Gasteiger partial charge is 0.478 e. The molecular formula is C16H22O2. The number of hydrogen-bond donors (Lipinski definition) is 1. The first-order chi connectivity index (χ1) is 8.61. The van der Waals surface area contributed by atoms with E-state index in [1.807, 2.05) is 13.0 Å². The Morgan fingerprint density at radius 3 is 2.44 bits per heavy atom. The highest BCUT2D eigenvalue weighted by molar-refractivity contribution is 5.89. The van der Waals surface area contributed by atoms with Crippen LogP contribution in [0.15, 0.2) is 18.2 Å². The minimum Gasteiger partial charge on any atom is -0.478 e. The monoisotopic (exact) mass is 246 g/mol. The van der Waals surface area contributed by atoms with Crippen molar-refractivity contribution in [3.63, 3.8) is 0 Å². The van der Waals surface area contributed by atoms with Crippen molar-refractivity contribution in [2.75, 3.05) is 0 Å². The van der Waals surface area contributed by atoms with E-state index in [2.05, 4.69) is 13.0 Å². The van der Waals surface area contributed by atoms with E-state index in [-0.39, 0.29) is 0 Å². The lowest BCUT2D eigenvalue weighted by Crippen LogP contribution is -2.13. The molecule has 0 aromatic heterocycles. The van der Waals surface area contributed by atoms with Crippen LogP contribution in [0.25, 0.3) is 0 Å². The second kappa shape index (κ2) is 5.55. The van der Waals surface area contributed by atoms with Gasteiger partial charge in [-0.1, -0.05) is 25.5 Å². The molecule has 1 aliphatic carbocycles. The Balaban J connectivity index is 2.11. The molecule has 2 nitrogen and oxygen atoms in total. The van der Waals surface area contributed by atoms with Gasteiger partial charge < -0.3 is 5.11 Å². The van der Waals surface area contributed by atoms with Crippen molar-refractivity contribution in [3.05, 3.63) is 34.9 Å². The predicted molar refractivity (Wildman–Crippen MR) is 73.1 cm³/mol. The van der Waals surface area contributed by atoms with Crippen molar-refractivity contribution >= 4 is 5.97 Å². The lowest BCUT2D eigenvalue weighted by molar-refractivity contribution is 0.0696. The zero-order valence-corrected chi connectivity index (χ0v) is 11.3. The molecule has 1 fully saturated rings. The van der Waals surface area contributed by atoms with E-state index in [9.17, 15) is 4.79 Å². The van der Waals surface area contributed by atoms with Crippen LogP contribution in [0.3, 0.4) is 0 Å². The summed E-state index contributed by atoms with van der Waals surface area (Å²) in [5.74, 6) is 0.712. The number of benzene rings is 1. The third kappa shape index (κ3) is 2.74. The SMILES string of the molecule is CCC1CCC(c2ccc(C(=O)O)c(C)c2)CC1. The van der Waals surface area contributed by atoms with Crippen molar-refractivity contribution in [2.24, 2.45) is 5.92 Å². The van der Waals surface area contributed by atoms with E-state index in [1.165, 1.54) is 37.7 Å². The van der Waals surface area contributed by atoms with Crippen LogP contribution in [-0.4, -0.2) is 11.1 Å². The third-order valence-corrected chi connectivity index (χ3v) is 4.38. The number of aryl methyl sites for hydroxylation is 1. The normalized spacial score (nSPS) is 23.9. The fourth-order valence-corrected chi connectivity index (χ4v) is 3.08. The molecule has 98 valence electrons. The molecule has 0 radical (unpaired) electrons. The third-order valence-electron chi connectivity index (χ3n) is 4.38. The van der Waals surface area contributed by atoms with Gasteiger partial charge in [0.1, 0.15) is 0 Å². The fourth-order valence-electron chi connectivity index (χ4n) is 3.08. The maximum Gasteiger partial charge on any atom is 0.335 e. The molecule has 0 aliphatic heterocycles. The summed E-state index contributed by atoms with van der Waals surface area (Å²) in [5.41, 5.74) is 2.64. The van der Waals surface area contributed by atoms with E-state index in [0.29, 0.717) is 11.5 Å². The second-order valence-electron chi connectivity index (χ2n) is 5.51. The average Bonchev–Trinajstić information content (AvgIpc) is 2.38. The van der Waals surface area contributed by atoms with Crippen molar-refractivity contribution < 1.29 is 9.90 Å². The zero-order chi connectivity index (χ0) is 13.1. The Morgan fingerprint density at radius 2 is 1.94 bits per heavy atom. The molecule has 1 N–H and O–H groups in total. The lowest BCUT2D eigenvalue weighted by Gasteiger charge is -2.28. The van der Waals surface area contributed by atoms with Gasteiger partial charge in [-0.2, -0.15) is 0 Å². The van der Waals surface area contributed by atoms with Gasteiger partial charge in [-0.05, 0) is 61.6 Å². The molecule has 0 amide bonds. The summed E-state index contributed by atoms with van der Waals surface area (Å²) >= 11 is 0. The predicted octanol–water partition coefficient (Wildman–Crippen LogP) is 4.38. The molecule has 2 heteroatoms. The van der Waals surface area contributed by atoms with Gasteiger partial charge in [-0.25, -0.2) is 4.79 Å². The van der Waals surface area contributed by atoms with Crippen LogP contribution in [0, 0.1) is 12.8 Å². The molecule has 0 atom stereocenters. The van der Waals surface area contributed by atoms with E-state index < -0.39 is 5.97 Å². The maximum atomic E-state index is 11.0. The summed E-state index contributed by atoms with van der Waals surface area (Å²) in [6.45, 7) is 4.17. The van der Waals surface area contributed by atoms with Crippen LogP contribution in [-0.2, 0) is 0 Å². The van der Waals surface area contributed by atoms with E-state index in [0.717, 1.165) is 11.5 Å². The number of hydrogen-bond acceptors (Lipinski definition) is 1. The summed E-state index contributed by atoms with van der Waals surface area (Å²) in [6, 6.07) is 5.84. The van der Waals surface area contributed by atoms with Crippen LogP contribution in [0.2, 0.25) is 0 Å². The van der Waals surface area contributed by atoms with Gasteiger partial charge in [-0.3, -0.25) is 0 Å². The van der Waals surface area contributed by atoms with Crippen LogP contribution >= 0.6 is 0 Å². The number of carboxylic acid groups (broad SMARTS) is 1. The van der Waals surface area contributed by atoms with Gasteiger partial charge in [0.2, 0.25) is 0 Å². The molecule has 0 heterocycles. The molecule has 0 bridgehead atoms. The molecule has 0 saturated heterocycles. The van der Waals surface area contributed by atoms with Crippen LogP contribution in [0.5, 0.6) is 0 Å². The molecule has 1 aromatic carbocycles. The van der Waals surface area contributed by atoms with Crippen molar-refractivity contribution in [2.45, 2.75) is 51.9 Å². The van der Waals surface area contributed by atoms with Crippen LogP contribution in [0.1, 0.15) is 66.4 Å². The molecule has 0 unspecified atom stereocenters. The molecule has 1 aliphatic rings. The standard InChI is InChI=1S/C16H22O2/c1-3-12-4-6-13(7-5-12)14-8-9-15(16(17)18)11(2)10-14/h8-10,12-13H,3-7H2,1-2H3,(H,17,18). The van der Waals surface area contributed by atoms with Crippen molar-refractivity contribution in [3.8, 4) is 0 Å². The van der Waals surface area contributed by atoms with Gasteiger partial charge in [-0.15, -0.1) is 0 Å². The lowest BCUT2D eigenvalue weighted by atomic mass is 9.77. The topological polar surface area (TPSA) is 37.3 Å².